The van der Waals surface area contributed by atoms with Gasteiger partial charge in [-0.1, -0.05) is 6.08 Å². The highest BCUT2D eigenvalue weighted by molar-refractivity contribution is 5.75. The quantitative estimate of drug-likeness (QED) is 0.616. The average Bonchev–Trinajstić information content (AvgIpc) is 2.92. The van der Waals surface area contributed by atoms with Crippen molar-refractivity contribution in [1.29, 1.82) is 0 Å². The zero-order chi connectivity index (χ0) is 17.7. The van der Waals surface area contributed by atoms with Gasteiger partial charge in [0.25, 0.3) is 0 Å². The number of nitrogens with one attached hydrogen (secondary N) is 1. The molecular weight excluding hydrogens is 314 g/mol. The predicted molar refractivity (Wildman–Crippen MR) is 88.5 cm³/mol. The molecule has 1 heterocycles. The van der Waals surface area contributed by atoms with Crippen molar-refractivity contribution in [3.63, 3.8) is 0 Å². The van der Waals surface area contributed by atoms with Gasteiger partial charge in [0, 0.05) is 18.2 Å². The number of likely N-dealkylation sites (tertiary alicyclic amines) is 1. The van der Waals surface area contributed by atoms with E-state index in [0.717, 1.165) is 37.5 Å². The molecule has 1 aromatic carbocycles. The van der Waals surface area contributed by atoms with Gasteiger partial charge in [-0.25, -0.2) is 13.6 Å². The van der Waals surface area contributed by atoms with E-state index in [1.807, 2.05) is 13.0 Å². The molecule has 0 saturated carbocycles. The Morgan fingerprint density at radius 2 is 2.29 bits per heavy atom. The van der Waals surface area contributed by atoms with Crippen LogP contribution in [0.25, 0.3) is 0 Å². The van der Waals surface area contributed by atoms with Gasteiger partial charge in [-0.05, 0) is 50.8 Å². The Morgan fingerprint density at radius 1 is 1.54 bits per heavy atom. The van der Waals surface area contributed by atoms with E-state index in [2.05, 4.69) is 11.9 Å². The number of benzene rings is 1. The van der Waals surface area contributed by atoms with E-state index in [-0.39, 0.29) is 30.6 Å². The SMILES string of the molecule is C=CCCCC(C)NC(=O)N1CC(O)CC1c1cc(F)ccc1F. The fourth-order valence-electron chi connectivity index (χ4n) is 3.04. The highest BCUT2D eigenvalue weighted by Gasteiger charge is 2.37. The molecule has 24 heavy (non-hydrogen) atoms. The average molecular weight is 338 g/mol. The number of urea groups is 1. The third-order valence-corrected chi connectivity index (χ3v) is 4.27. The van der Waals surface area contributed by atoms with Crippen molar-refractivity contribution in [3.05, 3.63) is 48.1 Å². The van der Waals surface area contributed by atoms with Crippen LogP contribution >= 0.6 is 0 Å². The topological polar surface area (TPSA) is 52.6 Å². The van der Waals surface area contributed by atoms with Gasteiger partial charge in [0.15, 0.2) is 0 Å². The minimum absolute atomic E-state index is 0.0480. The highest BCUT2D eigenvalue weighted by Crippen LogP contribution is 2.34. The number of allylic oxidation sites excluding steroid dienone is 1. The van der Waals surface area contributed by atoms with Crippen molar-refractivity contribution in [1.82, 2.24) is 10.2 Å². The molecule has 0 bridgehead atoms. The Kier molecular flexibility index (Phi) is 6.31. The molecule has 2 N–H and O–H groups in total. The summed E-state index contributed by atoms with van der Waals surface area (Å²) in [5, 5.41) is 12.8. The first kappa shape index (κ1) is 18.4. The highest BCUT2D eigenvalue weighted by atomic mass is 19.1. The molecule has 6 heteroatoms. The van der Waals surface area contributed by atoms with Crippen LogP contribution in [0.3, 0.4) is 0 Å². The van der Waals surface area contributed by atoms with Crippen LogP contribution in [0.2, 0.25) is 0 Å². The van der Waals surface area contributed by atoms with Crippen LogP contribution in [-0.2, 0) is 0 Å². The molecule has 3 atom stereocenters. The number of β-amino-alcohol motifs (C(OH)–C–C–N with tert-alkyl or cyclic N) is 1. The number of aliphatic hydroxyl groups excluding tert-OH is 1. The summed E-state index contributed by atoms with van der Waals surface area (Å²) in [7, 11) is 0. The van der Waals surface area contributed by atoms with E-state index < -0.39 is 23.8 Å². The summed E-state index contributed by atoms with van der Waals surface area (Å²) in [5.41, 5.74) is 0.0982. The molecular formula is C18H24F2N2O2. The van der Waals surface area contributed by atoms with Crippen LogP contribution in [-0.4, -0.2) is 34.7 Å². The molecule has 3 unspecified atom stereocenters. The summed E-state index contributed by atoms with van der Waals surface area (Å²) < 4.78 is 27.5. The smallest absolute Gasteiger partial charge is 0.318 e. The monoisotopic (exact) mass is 338 g/mol. The van der Waals surface area contributed by atoms with Crippen molar-refractivity contribution in [3.8, 4) is 0 Å². The first-order valence-corrected chi connectivity index (χ1v) is 8.23. The molecule has 0 aliphatic carbocycles. The van der Waals surface area contributed by atoms with Crippen molar-refractivity contribution in [2.75, 3.05) is 6.54 Å². The lowest BCUT2D eigenvalue weighted by Crippen LogP contribution is -2.44. The van der Waals surface area contributed by atoms with E-state index >= 15 is 0 Å². The van der Waals surface area contributed by atoms with Crippen molar-refractivity contribution in [2.24, 2.45) is 0 Å². The van der Waals surface area contributed by atoms with Gasteiger partial charge >= 0.3 is 6.03 Å². The fourth-order valence-corrected chi connectivity index (χ4v) is 3.04. The zero-order valence-corrected chi connectivity index (χ0v) is 13.8. The van der Waals surface area contributed by atoms with E-state index in [1.165, 1.54) is 4.90 Å². The minimum atomic E-state index is -0.750. The maximum atomic E-state index is 14.0. The molecule has 1 aliphatic heterocycles. The maximum Gasteiger partial charge on any atom is 0.318 e. The van der Waals surface area contributed by atoms with Crippen LogP contribution in [0.4, 0.5) is 13.6 Å². The Morgan fingerprint density at radius 3 is 3.00 bits per heavy atom. The molecule has 0 aromatic heterocycles. The number of unbranched alkanes of at least 4 members (excludes halogenated alkanes) is 1. The van der Waals surface area contributed by atoms with Crippen molar-refractivity contribution >= 4 is 6.03 Å². The van der Waals surface area contributed by atoms with E-state index in [9.17, 15) is 18.7 Å². The standard InChI is InChI=1S/C18H24F2N2O2/c1-3-4-5-6-12(2)21-18(24)22-11-14(23)10-17(22)15-9-13(19)7-8-16(15)20/h3,7-9,12,14,17,23H,1,4-6,10-11H2,2H3,(H,21,24). The summed E-state index contributed by atoms with van der Waals surface area (Å²) in [5.74, 6) is -1.14. The summed E-state index contributed by atoms with van der Waals surface area (Å²) in [6, 6.07) is 2.08. The number of halogens is 2. The first-order chi connectivity index (χ1) is 11.4. The third-order valence-electron chi connectivity index (χ3n) is 4.27. The number of hydrogen-bond acceptors (Lipinski definition) is 2. The number of nitrogens with zero attached hydrogens (tertiary/aromatic N) is 1. The number of aliphatic hydroxyl groups is 1. The van der Waals surface area contributed by atoms with Gasteiger partial charge in [-0.15, -0.1) is 6.58 Å². The molecule has 1 fully saturated rings. The Labute approximate surface area is 141 Å². The Bertz CT molecular complexity index is 594. The lowest BCUT2D eigenvalue weighted by Gasteiger charge is -2.27. The molecule has 1 saturated heterocycles. The van der Waals surface area contributed by atoms with Crippen LogP contribution in [0, 0.1) is 11.6 Å². The van der Waals surface area contributed by atoms with E-state index in [0.29, 0.717) is 0 Å². The second kappa shape index (κ2) is 8.24. The first-order valence-electron chi connectivity index (χ1n) is 8.23. The molecule has 0 spiro atoms. The number of amides is 2. The molecule has 0 radical (unpaired) electrons. The van der Waals surface area contributed by atoms with Gasteiger partial charge in [0.1, 0.15) is 11.6 Å². The largest absolute Gasteiger partial charge is 0.391 e. The summed E-state index contributed by atoms with van der Waals surface area (Å²) in [6.07, 6.45) is 3.86. The second-order valence-electron chi connectivity index (χ2n) is 6.29. The van der Waals surface area contributed by atoms with E-state index in [4.69, 9.17) is 0 Å². The van der Waals surface area contributed by atoms with Crippen LogP contribution in [0.1, 0.15) is 44.2 Å². The van der Waals surface area contributed by atoms with Crippen LogP contribution in [0.5, 0.6) is 0 Å². The van der Waals surface area contributed by atoms with Gasteiger partial charge < -0.3 is 15.3 Å². The molecule has 4 nitrogen and oxygen atoms in total. The number of rotatable bonds is 6. The van der Waals surface area contributed by atoms with Crippen LogP contribution in [0.15, 0.2) is 30.9 Å². The van der Waals surface area contributed by atoms with Crippen LogP contribution < -0.4 is 5.32 Å². The van der Waals surface area contributed by atoms with Gasteiger partial charge in [0.05, 0.1) is 12.1 Å². The molecule has 1 aliphatic rings. The second-order valence-corrected chi connectivity index (χ2v) is 6.29. The zero-order valence-electron chi connectivity index (χ0n) is 13.8. The van der Waals surface area contributed by atoms with Gasteiger partial charge in [0.2, 0.25) is 0 Å². The molecule has 1 aromatic rings. The minimum Gasteiger partial charge on any atom is -0.391 e. The lowest BCUT2D eigenvalue weighted by atomic mass is 10.0. The Hall–Kier alpha value is -1.95. The van der Waals surface area contributed by atoms with E-state index in [1.54, 1.807) is 0 Å². The predicted octanol–water partition coefficient (Wildman–Crippen LogP) is 3.53. The fraction of sp³-hybridized carbons (Fsp3) is 0.500. The molecule has 2 rings (SSSR count). The van der Waals surface area contributed by atoms with Crippen molar-refractivity contribution < 1.29 is 18.7 Å². The van der Waals surface area contributed by atoms with Crippen molar-refractivity contribution in [2.45, 2.75) is 50.8 Å². The van der Waals surface area contributed by atoms with Gasteiger partial charge in [-0.2, -0.15) is 0 Å². The maximum absolute atomic E-state index is 14.0. The summed E-state index contributed by atoms with van der Waals surface area (Å²) in [6.45, 7) is 5.66. The molecule has 2 amide bonds. The normalized spacial score (nSPS) is 21.6. The summed E-state index contributed by atoms with van der Waals surface area (Å²) in [4.78, 5) is 13.9. The number of carbonyl (C=O) groups is 1. The lowest BCUT2D eigenvalue weighted by molar-refractivity contribution is 0.167. The van der Waals surface area contributed by atoms with Gasteiger partial charge in [-0.3, -0.25) is 0 Å². The summed E-state index contributed by atoms with van der Waals surface area (Å²) >= 11 is 0. The third kappa shape index (κ3) is 4.54. The number of hydrogen-bond donors (Lipinski definition) is 2. The number of carbonyl (C=O) groups excluding carboxylic acids is 1. The Balaban J connectivity index is 2.08. The molecule has 132 valence electrons.